The number of hydrogen-bond donors (Lipinski definition) is 2. The Morgan fingerprint density at radius 2 is 1.80 bits per heavy atom. The van der Waals surface area contributed by atoms with E-state index in [1.54, 1.807) is 0 Å². The zero-order valence-corrected chi connectivity index (χ0v) is 13.0. The van der Waals surface area contributed by atoms with Gasteiger partial charge in [0, 0.05) is 18.2 Å². The van der Waals surface area contributed by atoms with Crippen LogP contribution in [0.1, 0.15) is 44.0 Å². The van der Waals surface area contributed by atoms with Crippen LogP contribution in [0.5, 0.6) is 0 Å². The fraction of sp³-hybridized carbons (Fsp3) is 0.500. The third kappa shape index (κ3) is 4.94. The monoisotopic (exact) mass is 298 g/mol. The van der Waals surface area contributed by atoms with E-state index in [0.29, 0.717) is 12.1 Å². The molecular formula is C14H22N2O3S. The molecule has 0 bridgehead atoms. The number of rotatable bonds is 7. The lowest BCUT2D eigenvalue weighted by atomic mass is 10.2. The quantitative estimate of drug-likeness (QED) is 0.755. The van der Waals surface area contributed by atoms with Crippen molar-refractivity contribution < 1.29 is 13.2 Å². The standard InChI is InChI=1S/C14H22N2O3S/c1-4-5-10-15-20(18,19)13-8-6-12(7-9-13)14(17)16-11(2)3/h6-9,11,15H,4-5,10H2,1-3H3,(H,16,17). The molecule has 0 heterocycles. The summed E-state index contributed by atoms with van der Waals surface area (Å²) in [7, 11) is -3.48. The first-order valence-electron chi connectivity index (χ1n) is 6.77. The Kier molecular flexibility index (Phi) is 6.16. The Balaban J connectivity index is 2.78. The second-order valence-corrected chi connectivity index (χ2v) is 6.67. The first kappa shape index (κ1) is 16.7. The Morgan fingerprint density at radius 3 is 2.30 bits per heavy atom. The third-order valence-electron chi connectivity index (χ3n) is 2.67. The van der Waals surface area contributed by atoms with E-state index >= 15 is 0 Å². The summed E-state index contributed by atoms with van der Waals surface area (Å²) < 4.78 is 26.4. The average Bonchev–Trinajstić information content (AvgIpc) is 2.38. The van der Waals surface area contributed by atoms with Crippen molar-refractivity contribution in [2.24, 2.45) is 0 Å². The van der Waals surface area contributed by atoms with Crippen LogP contribution in [-0.4, -0.2) is 26.9 Å². The smallest absolute Gasteiger partial charge is 0.251 e. The molecule has 0 fully saturated rings. The minimum absolute atomic E-state index is 0.0432. The molecule has 5 nitrogen and oxygen atoms in total. The van der Waals surface area contributed by atoms with Gasteiger partial charge in [-0.3, -0.25) is 4.79 Å². The third-order valence-corrected chi connectivity index (χ3v) is 4.15. The van der Waals surface area contributed by atoms with E-state index in [1.165, 1.54) is 24.3 Å². The van der Waals surface area contributed by atoms with Crippen molar-refractivity contribution in [1.29, 1.82) is 0 Å². The number of benzene rings is 1. The van der Waals surface area contributed by atoms with Gasteiger partial charge >= 0.3 is 0 Å². The summed E-state index contributed by atoms with van der Waals surface area (Å²) in [5.41, 5.74) is 0.450. The van der Waals surface area contributed by atoms with Crippen LogP contribution in [0.4, 0.5) is 0 Å². The Morgan fingerprint density at radius 1 is 1.20 bits per heavy atom. The molecule has 112 valence electrons. The predicted octanol–water partition coefficient (Wildman–Crippen LogP) is 1.90. The zero-order valence-electron chi connectivity index (χ0n) is 12.1. The molecule has 0 saturated carbocycles. The summed E-state index contributed by atoms with van der Waals surface area (Å²) in [6.07, 6.45) is 1.73. The average molecular weight is 298 g/mol. The second kappa shape index (κ2) is 7.40. The van der Waals surface area contributed by atoms with Crippen LogP contribution in [-0.2, 0) is 10.0 Å². The second-order valence-electron chi connectivity index (χ2n) is 4.90. The van der Waals surface area contributed by atoms with Gasteiger partial charge in [-0.05, 0) is 44.5 Å². The topological polar surface area (TPSA) is 75.3 Å². The highest BCUT2D eigenvalue weighted by Crippen LogP contribution is 2.10. The van der Waals surface area contributed by atoms with Gasteiger partial charge in [0.2, 0.25) is 10.0 Å². The highest BCUT2D eigenvalue weighted by Gasteiger charge is 2.14. The van der Waals surface area contributed by atoms with Crippen molar-refractivity contribution in [3.63, 3.8) is 0 Å². The van der Waals surface area contributed by atoms with E-state index in [0.717, 1.165) is 12.8 Å². The molecule has 0 spiro atoms. The fourth-order valence-electron chi connectivity index (χ4n) is 1.60. The maximum atomic E-state index is 12.0. The molecule has 0 radical (unpaired) electrons. The summed E-state index contributed by atoms with van der Waals surface area (Å²) in [6.45, 7) is 6.16. The van der Waals surface area contributed by atoms with Crippen LogP contribution in [0.15, 0.2) is 29.2 Å². The van der Waals surface area contributed by atoms with Crippen LogP contribution in [0, 0.1) is 0 Å². The number of carbonyl (C=O) groups is 1. The molecule has 6 heteroatoms. The van der Waals surface area contributed by atoms with E-state index < -0.39 is 10.0 Å². The van der Waals surface area contributed by atoms with Gasteiger partial charge in [-0.1, -0.05) is 13.3 Å². The van der Waals surface area contributed by atoms with E-state index in [9.17, 15) is 13.2 Å². The van der Waals surface area contributed by atoms with Gasteiger partial charge in [-0.25, -0.2) is 13.1 Å². The van der Waals surface area contributed by atoms with Gasteiger partial charge in [0.15, 0.2) is 0 Å². The number of sulfonamides is 1. The van der Waals surface area contributed by atoms with E-state index in [4.69, 9.17) is 0 Å². The summed E-state index contributed by atoms with van der Waals surface area (Å²) in [5.74, 6) is -0.206. The highest BCUT2D eigenvalue weighted by molar-refractivity contribution is 7.89. The highest BCUT2D eigenvalue weighted by atomic mass is 32.2. The van der Waals surface area contributed by atoms with Crippen LogP contribution in [0.3, 0.4) is 0 Å². The first-order valence-corrected chi connectivity index (χ1v) is 8.25. The molecule has 0 aliphatic heterocycles. The van der Waals surface area contributed by atoms with Crippen LogP contribution in [0.2, 0.25) is 0 Å². The summed E-state index contributed by atoms with van der Waals surface area (Å²) in [6, 6.07) is 5.98. The SMILES string of the molecule is CCCCNS(=O)(=O)c1ccc(C(=O)NC(C)C)cc1. The molecule has 1 aromatic carbocycles. The van der Waals surface area contributed by atoms with Gasteiger partial charge in [-0.2, -0.15) is 0 Å². The molecule has 0 aromatic heterocycles. The normalized spacial score (nSPS) is 11.6. The van der Waals surface area contributed by atoms with E-state index in [2.05, 4.69) is 10.0 Å². The molecule has 0 saturated heterocycles. The van der Waals surface area contributed by atoms with Crippen molar-refractivity contribution in [2.45, 2.75) is 44.6 Å². The van der Waals surface area contributed by atoms with Gasteiger partial charge in [0.05, 0.1) is 4.90 Å². The molecular weight excluding hydrogens is 276 g/mol. The van der Waals surface area contributed by atoms with Crippen LogP contribution in [0.25, 0.3) is 0 Å². The lowest BCUT2D eigenvalue weighted by Crippen LogP contribution is -2.30. The maximum Gasteiger partial charge on any atom is 0.251 e. The largest absolute Gasteiger partial charge is 0.350 e. The molecule has 0 aliphatic rings. The van der Waals surface area contributed by atoms with Gasteiger partial charge in [-0.15, -0.1) is 0 Å². The molecule has 1 amide bonds. The van der Waals surface area contributed by atoms with Crippen molar-refractivity contribution in [1.82, 2.24) is 10.0 Å². The van der Waals surface area contributed by atoms with Gasteiger partial charge in [0.1, 0.15) is 0 Å². The molecule has 0 atom stereocenters. The summed E-state index contributed by atoms with van der Waals surface area (Å²) >= 11 is 0. The van der Waals surface area contributed by atoms with Crippen molar-refractivity contribution in [2.75, 3.05) is 6.54 Å². The number of nitrogens with one attached hydrogen (secondary N) is 2. The van der Waals surface area contributed by atoms with Crippen molar-refractivity contribution in [3.05, 3.63) is 29.8 Å². The van der Waals surface area contributed by atoms with Crippen LogP contribution < -0.4 is 10.0 Å². The summed E-state index contributed by atoms with van der Waals surface area (Å²) in [5, 5.41) is 2.76. The van der Waals surface area contributed by atoms with Gasteiger partial charge < -0.3 is 5.32 Å². The van der Waals surface area contributed by atoms with E-state index in [1.807, 2.05) is 20.8 Å². The lowest BCUT2D eigenvalue weighted by molar-refractivity contribution is 0.0943. The fourth-order valence-corrected chi connectivity index (χ4v) is 2.67. The number of amides is 1. The molecule has 0 aliphatic carbocycles. The lowest BCUT2D eigenvalue weighted by Gasteiger charge is -2.09. The number of hydrogen-bond acceptors (Lipinski definition) is 3. The number of carbonyl (C=O) groups excluding carboxylic acids is 1. The zero-order chi connectivity index (χ0) is 15.2. The number of unbranched alkanes of at least 4 members (excludes halogenated alkanes) is 1. The van der Waals surface area contributed by atoms with Gasteiger partial charge in [0.25, 0.3) is 5.91 Å². The summed E-state index contributed by atoms with van der Waals surface area (Å²) in [4.78, 5) is 11.9. The molecule has 2 N–H and O–H groups in total. The van der Waals surface area contributed by atoms with Crippen molar-refractivity contribution in [3.8, 4) is 0 Å². The minimum Gasteiger partial charge on any atom is -0.350 e. The minimum atomic E-state index is -3.48. The Hall–Kier alpha value is -1.40. The molecule has 1 rings (SSSR count). The molecule has 1 aromatic rings. The Labute approximate surface area is 120 Å². The van der Waals surface area contributed by atoms with Crippen molar-refractivity contribution >= 4 is 15.9 Å². The molecule has 20 heavy (non-hydrogen) atoms. The van der Waals surface area contributed by atoms with Crippen LogP contribution >= 0.6 is 0 Å². The Bertz CT molecular complexity index is 536. The molecule has 0 unspecified atom stereocenters. The predicted molar refractivity (Wildman–Crippen MR) is 79.1 cm³/mol. The van der Waals surface area contributed by atoms with E-state index in [-0.39, 0.29) is 16.8 Å². The first-order chi connectivity index (χ1) is 9.36. The maximum absolute atomic E-state index is 12.0.